The van der Waals surface area contributed by atoms with Gasteiger partial charge in [-0.3, -0.25) is 5.41 Å². The fourth-order valence-corrected chi connectivity index (χ4v) is 0.266. The molecule has 3 nitrogen and oxygen atoms in total. The van der Waals surface area contributed by atoms with Gasteiger partial charge in [0.1, 0.15) is 0 Å². The lowest BCUT2D eigenvalue weighted by atomic mass is 10.4. The number of ether oxygens (including phenoxy) is 1. The van der Waals surface area contributed by atoms with Crippen molar-refractivity contribution in [2.24, 2.45) is 5.73 Å². The van der Waals surface area contributed by atoms with E-state index < -0.39 is 0 Å². The molecule has 3 N–H and O–H groups in total. The zero-order valence-corrected chi connectivity index (χ0v) is 5.06. The lowest BCUT2D eigenvalue weighted by Gasteiger charge is -1.93. The van der Waals surface area contributed by atoms with E-state index >= 15 is 0 Å². The van der Waals surface area contributed by atoms with Gasteiger partial charge in [-0.05, 0) is 6.92 Å². The van der Waals surface area contributed by atoms with Gasteiger partial charge in [-0.25, -0.2) is 0 Å². The van der Waals surface area contributed by atoms with Crippen LogP contribution in [0.1, 0.15) is 6.92 Å². The van der Waals surface area contributed by atoms with Gasteiger partial charge in [-0.1, -0.05) is 0 Å². The lowest BCUT2D eigenvalue weighted by Crippen LogP contribution is -1.99. The third-order valence-electron chi connectivity index (χ3n) is 0.579. The molecule has 0 spiro atoms. The Morgan fingerprint density at radius 3 is 2.38 bits per heavy atom. The van der Waals surface area contributed by atoms with E-state index in [2.05, 4.69) is 4.74 Å². The molecule has 0 aliphatic rings. The number of nitrogens with one attached hydrogen (secondary N) is 1. The van der Waals surface area contributed by atoms with E-state index in [-0.39, 0.29) is 5.90 Å². The van der Waals surface area contributed by atoms with Crippen LogP contribution in [0.4, 0.5) is 0 Å². The highest BCUT2D eigenvalue weighted by atomic mass is 16.5. The average Bonchev–Trinajstić information content (AvgIpc) is 1.65. The van der Waals surface area contributed by atoms with Crippen molar-refractivity contribution in [3.63, 3.8) is 0 Å². The molecular weight excluding hydrogens is 104 g/mol. The van der Waals surface area contributed by atoms with Crippen LogP contribution in [0.15, 0.2) is 11.8 Å². The van der Waals surface area contributed by atoms with Crippen LogP contribution in [0.25, 0.3) is 0 Å². The van der Waals surface area contributed by atoms with Crippen LogP contribution >= 0.6 is 0 Å². The lowest BCUT2D eigenvalue weighted by molar-refractivity contribution is 0.403. The molecule has 3 heteroatoms. The zero-order chi connectivity index (χ0) is 6.57. The van der Waals surface area contributed by atoms with Crippen molar-refractivity contribution in [2.75, 3.05) is 7.11 Å². The number of rotatable bonds is 1. The predicted molar refractivity (Wildman–Crippen MR) is 32.7 cm³/mol. The molecule has 0 aromatic rings. The smallest absolute Gasteiger partial charge is 0.207 e. The monoisotopic (exact) mass is 114 g/mol. The molecule has 0 amide bonds. The summed E-state index contributed by atoms with van der Waals surface area (Å²) in [5.41, 5.74) is 5.79. The first kappa shape index (κ1) is 7.01. The first-order valence-electron chi connectivity index (χ1n) is 2.23. The third kappa shape index (κ3) is 3.21. The summed E-state index contributed by atoms with van der Waals surface area (Å²) in [6.45, 7) is 1.70. The molecule has 0 unspecified atom stereocenters. The summed E-state index contributed by atoms with van der Waals surface area (Å²) in [6.07, 6.45) is 1.44. The average molecular weight is 114 g/mol. The molecule has 0 aromatic carbocycles. The molecule has 0 aromatic heterocycles. The summed E-state index contributed by atoms with van der Waals surface area (Å²) >= 11 is 0. The zero-order valence-electron chi connectivity index (χ0n) is 5.06. The highest BCUT2D eigenvalue weighted by Crippen LogP contribution is 1.81. The predicted octanol–water partition coefficient (Wildman–Crippen LogP) is 0.473. The minimum Gasteiger partial charge on any atom is -0.481 e. The normalized spacial score (nSPS) is 11.0. The van der Waals surface area contributed by atoms with Gasteiger partial charge >= 0.3 is 0 Å². The van der Waals surface area contributed by atoms with Crippen LogP contribution in [0.5, 0.6) is 0 Å². The summed E-state index contributed by atoms with van der Waals surface area (Å²) < 4.78 is 4.49. The number of allylic oxidation sites excluding steroid dienone is 1. The van der Waals surface area contributed by atoms with E-state index in [1.54, 1.807) is 6.92 Å². The fraction of sp³-hybridized carbons (Fsp3) is 0.400. The van der Waals surface area contributed by atoms with Crippen molar-refractivity contribution in [1.82, 2.24) is 0 Å². The minimum atomic E-state index is 0.0880. The molecule has 0 atom stereocenters. The van der Waals surface area contributed by atoms with Crippen molar-refractivity contribution >= 4 is 5.90 Å². The van der Waals surface area contributed by atoms with Gasteiger partial charge in [0, 0.05) is 11.8 Å². The highest BCUT2D eigenvalue weighted by molar-refractivity contribution is 5.85. The minimum absolute atomic E-state index is 0.0880. The Balaban J connectivity index is 3.70. The van der Waals surface area contributed by atoms with Crippen LogP contribution in [-0.2, 0) is 4.74 Å². The van der Waals surface area contributed by atoms with Crippen molar-refractivity contribution in [2.45, 2.75) is 6.92 Å². The standard InChI is InChI=1S/C5H10N2O/c1-4(6)3-5(7)8-2/h3,7H,6H2,1-2H3/b4-3-,7-5?. The fourth-order valence-electron chi connectivity index (χ4n) is 0.266. The topological polar surface area (TPSA) is 59.1 Å². The van der Waals surface area contributed by atoms with Crippen LogP contribution in [-0.4, -0.2) is 13.0 Å². The second-order valence-electron chi connectivity index (χ2n) is 1.46. The number of methoxy groups -OCH3 is 1. The Labute approximate surface area is 48.6 Å². The Hall–Kier alpha value is -0.990. The molecule has 0 saturated heterocycles. The summed E-state index contributed by atoms with van der Waals surface area (Å²) in [7, 11) is 1.43. The molecule has 0 radical (unpaired) electrons. The third-order valence-corrected chi connectivity index (χ3v) is 0.579. The maximum Gasteiger partial charge on any atom is 0.207 e. The van der Waals surface area contributed by atoms with Crippen LogP contribution in [0, 0.1) is 5.41 Å². The molecule has 0 aliphatic carbocycles. The van der Waals surface area contributed by atoms with E-state index in [0.29, 0.717) is 5.70 Å². The van der Waals surface area contributed by atoms with Crippen LogP contribution in [0.2, 0.25) is 0 Å². The number of nitrogens with two attached hydrogens (primary N) is 1. The first-order chi connectivity index (χ1) is 3.66. The van der Waals surface area contributed by atoms with Gasteiger partial charge in [0.05, 0.1) is 7.11 Å². The summed E-state index contributed by atoms with van der Waals surface area (Å²) in [5.74, 6) is 0.0880. The van der Waals surface area contributed by atoms with Crippen LogP contribution < -0.4 is 5.73 Å². The molecule has 0 bridgehead atoms. The van der Waals surface area contributed by atoms with E-state index in [0.717, 1.165) is 0 Å². The van der Waals surface area contributed by atoms with Gasteiger partial charge in [0.15, 0.2) is 0 Å². The molecule has 0 saturated carbocycles. The molecule has 0 aliphatic heterocycles. The molecule has 46 valence electrons. The van der Waals surface area contributed by atoms with Gasteiger partial charge in [-0.15, -0.1) is 0 Å². The maximum atomic E-state index is 6.89. The van der Waals surface area contributed by atoms with Gasteiger partial charge in [0.2, 0.25) is 5.90 Å². The van der Waals surface area contributed by atoms with E-state index in [1.807, 2.05) is 0 Å². The largest absolute Gasteiger partial charge is 0.481 e. The molecular formula is C5H10N2O. The first-order valence-corrected chi connectivity index (χ1v) is 2.23. The second kappa shape index (κ2) is 3.07. The SMILES string of the molecule is COC(=N)/C=C(/C)N. The van der Waals surface area contributed by atoms with Gasteiger partial charge in [0.25, 0.3) is 0 Å². The second-order valence-corrected chi connectivity index (χ2v) is 1.46. The Morgan fingerprint density at radius 2 is 2.25 bits per heavy atom. The van der Waals surface area contributed by atoms with E-state index in [4.69, 9.17) is 11.1 Å². The van der Waals surface area contributed by atoms with E-state index in [9.17, 15) is 0 Å². The Bertz CT molecular complexity index is 114. The summed E-state index contributed by atoms with van der Waals surface area (Å²) in [5, 5.41) is 6.89. The Kier molecular flexibility index (Phi) is 2.69. The highest BCUT2D eigenvalue weighted by Gasteiger charge is 1.84. The number of hydrogen-bond donors (Lipinski definition) is 2. The van der Waals surface area contributed by atoms with Gasteiger partial charge in [-0.2, -0.15) is 0 Å². The Morgan fingerprint density at radius 1 is 1.75 bits per heavy atom. The molecule has 8 heavy (non-hydrogen) atoms. The summed E-state index contributed by atoms with van der Waals surface area (Å²) in [6, 6.07) is 0. The number of hydrogen-bond acceptors (Lipinski definition) is 3. The van der Waals surface area contributed by atoms with Crippen LogP contribution in [0.3, 0.4) is 0 Å². The van der Waals surface area contributed by atoms with Crippen molar-refractivity contribution < 1.29 is 4.74 Å². The van der Waals surface area contributed by atoms with Crippen molar-refractivity contribution in [1.29, 1.82) is 5.41 Å². The van der Waals surface area contributed by atoms with Crippen molar-refractivity contribution in [3.8, 4) is 0 Å². The molecule has 0 rings (SSSR count). The molecule has 0 heterocycles. The van der Waals surface area contributed by atoms with Crippen molar-refractivity contribution in [3.05, 3.63) is 11.8 Å². The van der Waals surface area contributed by atoms with E-state index in [1.165, 1.54) is 13.2 Å². The summed E-state index contributed by atoms with van der Waals surface area (Å²) in [4.78, 5) is 0. The quantitative estimate of drug-likeness (QED) is 0.384. The molecule has 0 fully saturated rings. The maximum absolute atomic E-state index is 6.89. The van der Waals surface area contributed by atoms with Gasteiger partial charge < -0.3 is 10.5 Å².